The van der Waals surface area contributed by atoms with E-state index in [2.05, 4.69) is 12.2 Å². The molecule has 29 heavy (non-hydrogen) atoms. The number of imide groups is 1. The Kier molecular flexibility index (Phi) is 13.5. The Morgan fingerprint density at radius 3 is 1.72 bits per heavy atom. The van der Waals surface area contributed by atoms with E-state index in [1.807, 2.05) is 0 Å². The van der Waals surface area contributed by atoms with Gasteiger partial charge in [0.25, 0.3) is 11.8 Å². The SMILES string of the molecule is O=C(O)CCCCCCCC=CCCCCCCCC(=O)ON1C(=O)CCC1=O. The summed E-state index contributed by atoms with van der Waals surface area (Å²) in [6.45, 7) is 0. The van der Waals surface area contributed by atoms with Crippen LogP contribution in [-0.2, 0) is 24.0 Å². The quantitative estimate of drug-likeness (QED) is 0.212. The van der Waals surface area contributed by atoms with E-state index < -0.39 is 23.8 Å². The van der Waals surface area contributed by atoms with Gasteiger partial charge in [-0.1, -0.05) is 50.7 Å². The van der Waals surface area contributed by atoms with E-state index in [1.165, 1.54) is 0 Å². The third-order valence-corrected chi connectivity index (χ3v) is 4.88. The van der Waals surface area contributed by atoms with Crippen molar-refractivity contribution in [3.05, 3.63) is 12.2 Å². The van der Waals surface area contributed by atoms with E-state index in [4.69, 9.17) is 9.94 Å². The standard InChI is InChI=1S/C22H35NO6/c24-19-17-18-20(25)23(19)29-22(28)16-14-12-10-8-6-4-2-1-3-5-7-9-11-13-15-21(26)27/h1-2H,3-18H2,(H,26,27). The molecule has 0 aliphatic carbocycles. The predicted octanol–water partition coefficient (Wildman–Crippen LogP) is 4.70. The number of unbranched alkanes of at least 4 members (excludes halogenated alkanes) is 10. The van der Waals surface area contributed by atoms with Crippen LogP contribution in [0, 0.1) is 0 Å². The highest BCUT2D eigenvalue weighted by Gasteiger charge is 2.32. The second kappa shape index (κ2) is 15.7. The fourth-order valence-electron chi connectivity index (χ4n) is 3.17. The zero-order chi connectivity index (χ0) is 21.3. The van der Waals surface area contributed by atoms with Crippen LogP contribution in [0.4, 0.5) is 0 Å². The minimum Gasteiger partial charge on any atom is -0.481 e. The maximum atomic E-state index is 11.6. The molecule has 1 N–H and O–H groups in total. The molecule has 0 bridgehead atoms. The van der Waals surface area contributed by atoms with Crippen molar-refractivity contribution in [3.8, 4) is 0 Å². The molecule has 1 fully saturated rings. The first-order chi connectivity index (χ1) is 14.0. The molecule has 7 nitrogen and oxygen atoms in total. The Morgan fingerprint density at radius 1 is 0.759 bits per heavy atom. The van der Waals surface area contributed by atoms with Crippen LogP contribution in [-0.4, -0.2) is 33.9 Å². The normalized spacial score (nSPS) is 14.1. The van der Waals surface area contributed by atoms with Crippen LogP contribution in [0.25, 0.3) is 0 Å². The summed E-state index contributed by atoms with van der Waals surface area (Å²) >= 11 is 0. The number of hydroxylamine groups is 2. The largest absolute Gasteiger partial charge is 0.481 e. The molecule has 0 aromatic heterocycles. The van der Waals surface area contributed by atoms with Crippen LogP contribution in [0.5, 0.6) is 0 Å². The van der Waals surface area contributed by atoms with Gasteiger partial charge in [0.1, 0.15) is 0 Å². The summed E-state index contributed by atoms with van der Waals surface area (Å²) in [5, 5.41) is 9.16. The molecule has 0 atom stereocenters. The smallest absolute Gasteiger partial charge is 0.333 e. The Balaban J connectivity index is 1.84. The lowest BCUT2D eigenvalue weighted by Crippen LogP contribution is -2.31. The van der Waals surface area contributed by atoms with Gasteiger partial charge in [0, 0.05) is 25.7 Å². The molecule has 1 aliphatic rings. The Bertz CT molecular complexity index is 542. The highest BCUT2D eigenvalue weighted by Crippen LogP contribution is 2.14. The second-order valence-corrected chi connectivity index (χ2v) is 7.52. The molecule has 0 spiro atoms. The number of allylic oxidation sites excluding steroid dienone is 2. The summed E-state index contributed by atoms with van der Waals surface area (Å²) in [6, 6.07) is 0. The number of carbonyl (C=O) groups is 4. The molecule has 1 saturated heterocycles. The topological polar surface area (TPSA) is 101 Å². The number of carbonyl (C=O) groups excluding carboxylic acids is 3. The highest BCUT2D eigenvalue weighted by atomic mass is 16.7. The average molecular weight is 410 g/mol. The van der Waals surface area contributed by atoms with E-state index in [0.29, 0.717) is 11.5 Å². The molecule has 0 aromatic carbocycles. The number of amides is 2. The van der Waals surface area contributed by atoms with Gasteiger partial charge in [-0.25, -0.2) is 4.79 Å². The zero-order valence-corrected chi connectivity index (χ0v) is 17.4. The second-order valence-electron chi connectivity index (χ2n) is 7.52. The van der Waals surface area contributed by atoms with Crippen molar-refractivity contribution >= 4 is 23.8 Å². The molecule has 0 radical (unpaired) electrons. The number of nitrogens with zero attached hydrogens (tertiary/aromatic N) is 1. The van der Waals surface area contributed by atoms with Crippen molar-refractivity contribution in [2.45, 2.75) is 103 Å². The van der Waals surface area contributed by atoms with E-state index in [1.54, 1.807) is 0 Å². The summed E-state index contributed by atoms with van der Waals surface area (Å²) in [4.78, 5) is 49.6. The summed E-state index contributed by atoms with van der Waals surface area (Å²) in [7, 11) is 0. The molecule has 0 saturated carbocycles. The number of hydrogen-bond acceptors (Lipinski definition) is 5. The van der Waals surface area contributed by atoms with Gasteiger partial charge >= 0.3 is 11.9 Å². The number of hydrogen-bond donors (Lipinski definition) is 1. The van der Waals surface area contributed by atoms with E-state index >= 15 is 0 Å². The molecule has 164 valence electrons. The van der Waals surface area contributed by atoms with Gasteiger partial charge in [-0.2, -0.15) is 0 Å². The molecule has 0 unspecified atom stereocenters. The van der Waals surface area contributed by atoms with Gasteiger partial charge < -0.3 is 9.94 Å². The van der Waals surface area contributed by atoms with Crippen LogP contribution in [0.3, 0.4) is 0 Å². The zero-order valence-electron chi connectivity index (χ0n) is 17.4. The molecular weight excluding hydrogens is 374 g/mol. The van der Waals surface area contributed by atoms with Crippen LogP contribution >= 0.6 is 0 Å². The Labute approximate surface area is 173 Å². The summed E-state index contributed by atoms with van der Waals surface area (Å²) in [5.41, 5.74) is 0. The Hall–Kier alpha value is -2.18. The maximum absolute atomic E-state index is 11.6. The summed E-state index contributed by atoms with van der Waals surface area (Å²) in [6.07, 6.45) is 17.5. The third kappa shape index (κ3) is 12.8. The van der Waals surface area contributed by atoms with Crippen LogP contribution in [0.2, 0.25) is 0 Å². The lowest BCUT2D eigenvalue weighted by Gasteiger charge is -2.12. The number of aliphatic carboxylic acids is 1. The lowest BCUT2D eigenvalue weighted by atomic mass is 10.1. The van der Waals surface area contributed by atoms with Crippen LogP contribution in [0.1, 0.15) is 103 Å². The minimum absolute atomic E-state index is 0.120. The van der Waals surface area contributed by atoms with Crippen LogP contribution < -0.4 is 0 Å². The number of rotatable bonds is 17. The minimum atomic E-state index is -0.705. The van der Waals surface area contributed by atoms with Crippen molar-refractivity contribution in [3.63, 3.8) is 0 Å². The molecule has 1 heterocycles. The first kappa shape index (κ1) is 24.9. The van der Waals surface area contributed by atoms with Crippen molar-refractivity contribution < 1.29 is 29.1 Å². The summed E-state index contributed by atoms with van der Waals surface area (Å²) in [5.74, 6) is -2.10. The van der Waals surface area contributed by atoms with Gasteiger partial charge in [-0.05, 0) is 38.5 Å². The van der Waals surface area contributed by atoms with Crippen LogP contribution in [0.15, 0.2) is 12.2 Å². The first-order valence-corrected chi connectivity index (χ1v) is 10.9. The van der Waals surface area contributed by atoms with Gasteiger partial charge in [-0.15, -0.1) is 5.06 Å². The number of carboxylic acid groups (broad SMARTS) is 1. The van der Waals surface area contributed by atoms with Gasteiger partial charge in [0.05, 0.1) is 0 Å². The van der Waals surface area contributed by atoms with Gasteiger partial charge in [0.2, 0.25) is 0 Å². The predicted molar refractivity (Wildman–Crippen MR) is 109 cm³/mol. The molecule has 7 heteroatoms. The maximum Gasteiger partial charge on any atom is 0.333 e. The van der Waals surface area contributed by atoms with E-state index in [-0.39, 0.29) is 25.7 Å². The number of carboxylic acids is 1. The van der Waals surface area contributed by atoms with E-state index in [9.17, 15) is 19.2 Å². The molecule has 1 aliphatic heterocycles. The monoisotopic (exact) mass is 409 g/mol. The van der Waals surface area contributed by atoms with Crippen molar-refractivity contribution in [1.29, 1.82) is 0 Å². The van der Waals surface area contributed by atoms with Crippen molar-refractivity contribution in [2.24, 2.45) is 0 Å². The highest BCUT2D eigenvalue weighted by molar-refractivity contribution is 6.01. The lowest BCUT2D eigenvalue weighted by molar-refractivity contribution is -0.197. The molecule has 1 rings (SSSR count). The molecular formula is C22H35NO6. The van der Waals surface area contributed by atoms with Gasteiger partial charge in [-0.3, -0.25) is 14.4 Å². The fourth-order valence-corrected chi connectivity index (χ4v) is 3.17. The van der Waals surface area contributed by atoms with Crippen molar-refractivity contribution in [1.82, 2.24) is 5.06 Å². The fraction of sp³-hybridized carbons (Fsp3) is 0.727. The first-order valence-electron chi connectivity index (χ1n) is 10.9. The molecule has 2 amide bonds. The molecule has 0 aromatic rings. The van der Waals surface area contributed by atoms with Crippen molar-refractivity contribution in [2.75, 3.05) is 0 Å². The van der Waals surface area contributed by atoms with E-state index in [0.717, 1.165) is 70.6 Å². The third-order valence-electron chi connectivity index (χ3n) is 4.88. The summed E-state index contributed by atoms with van der Waals surface area (Å²) < 4.78 is 0. The van der Waals surface area contributed by atoms with Gasteiger partial charge in [0.15, 0.2) is 0 Å². The average Bonchev–Trinajstić information content (AvgIpc) is 2.99. The Morgan fingerprint density at radius 2 is 1.21 bits per heavy atom.